The van der Waals surface area contributed by atoms with E-state index in [-0.39, 0.29) is 19.5 Å². The van der Waals surface area contributed by atoms with Crippen LogP contribution in [0.5, 0.6) is 0 Å². The van der Waals surface area contributed by atoms with E-state index >= 15 is 0 Å². The third-order valence-corrected chi connectivity index (χ3v) is 3.93. The first-order valence-corrected chi connectivity index (χ1v) is 7.51. The Balaban J connectivity index is 0.000000307. The van der Waals surface area contributed by atoms with E-state index in [0.717, 1.165) is 18.4 Å². The largest absolute Gasteiger partial charge is 0.673 e. The summed E-state index contributed by atoms with van der Waals surface area (Å²) in [4.78, 5) is 2.46. The number of allylic oxidation sites excluding steroid dienone is 4. The molecule has 2 aliphatic carbocycles. The number of nitrogens with zero attached hydrogens (tertiary/aromatic N) is 1. The minimum Gasteiger partial charge on any atom is -0.418 e. The van der Waals surface area contributed by atoms with Crippen molar-refractivity contribution in [3.05, 3.63) is 24.3 Å². The van der Waals surface area contributed by atoms with Crippen LogP contribution in [0.25, 0.3) is 0 Å². The molecule has 2 nitrogen and oxygen atoms in total. The van der Waals surface area contributed by atoms with Crippen LogP contribution in [-0.2, 0) is 19.5 Å². The topological polar surface area (TPSA) is 29.3 Å². The van der Waals surface area contributed by atoms with Crippen LogP contribution in [0.1, 0.15) is 26.2 Å². The molecule has 0 aromatic heterocycles. The van der Waals surface area contributed by atoms with Crippen molar-refractivity contribution in [2.45, 2.75) is 32.2 Å². The van der Waals surface area contributed by atoms with E-state index in [1.165, 1.54) is 32.4 Å². The molecule has 0 aromatic carbocycles. The Kier molecular flexibility index (Phi) is 10.5. The second kappa shape index (κ2) is 10.6. The average Bonchev–Trinajstić information content (AvgIpc) is 3.14. The van der Waals surface area contributed by atoms with E-state index in [1.54, 1.807) is 0 Å². The standard InChI is InChI=1S/C7H16N2.C7H8.BF4.Rh/c1-2-9-5-3-4-7(9)6-8;1-2-7-4-3-6(1)5-7;2-1(3,4)5;/h7H,2-6,8H2,1H3;1-4,6-7H,5H2;;/q;;-1;/t7-;;;/m0.../s1. The SMILES string of the molecule is C1=CC2C=CC1C2.CCN1CCC[C@H]1CN.F[B-](F)(F)F.[Rh]. The fraction of sp³-hybridized carbons (Fsp3) is 0.714. The molecule has 0 unspecified atom stereocenters. The fourth-order valence-electron chi connectivity index (χ4n) is 2.91. The van der Waals surface area contributed by atoms with Crippen molar-refractivity contribution in [1.29, 1.82) is 0 Å². The van der Waals surface area contributed by atoms with Crippen LogP contribution in [0.3, 0.4) is 0 Å². The number of likely N-dealkylation sites (N-methyl/N-ethyl adjacent to an activating group) is 1. The van der Waals surface area contributed by atoms with Gasteiger partial charge >= 0.3 is 7.25 Å². The number of likely N-dealkylation sites (tertiary alicyclic amines) is 1. The van der Waals surface area contributed by atoms with Gasteiger partial charge in [-0.25, -0.2) is 0 Å². The number of fused-ring (bicyclic) bond motifs is 2. The number of rotatable bonds is 2. The van der Waals surface area contributed by atoms with E-state index in [1.807, 2.05) is 0 Å². The summed E-state index contributed by atoms with van der Waals surface area (Å²) in [6, 6.07) is 0.690. The van der Waals surface area contributed by atoms with Crippen LogP contribution < -0.4 is 5.73 Å². The molecule has 1 saturated heterocycles. The molecule has 22 heavy (non-hydrogen) atoms. The maximum atomic E-state index is 9.75. The summed E-state index contributed by atoms with van der Waals surface area (Å²) in [5.41, 5.74) is 5.56. The van der Waals surface area contributed by atoms with E-state index in [4.69, 9.17) is 5.73 Å². The van der Waals surface area contributed by atoms with Crippen molar-refractivity contribution < 1.29 is 36.7 Å². The van der Waals surface area contributed by atoms with Crippen LogP contribution in [0.4, 0.5) is 17.3 Å². The molecule has 131 valence electrons. The molecule has 1 fully saturated rings. The van der Waals surface area contributed by atoms with Crippen molar-refractivity contribution in [3.8, 4) is 0 Å². The van der Waals surface area contributed by atoms with Gasteiger partial charge in [0.25, 0.3) is 0 Å². The predicted molar refractivity (Wildman–Crippen MR) is 79.4 cm³/mol. The Labute approximate surface area is 143 Å². The van der Waals surface area contributed by atoms with Gasteiger partial charge in [0.1, 0.15) is 0 Å². The van der Waals surface area contributed by atoms with Crippen LogP contribution in [0.15, 0.2) is 24.3 Å². The van der Waals surface area contributed by atoms with Crippen molar-refractivity contribution in [2.75, 3.05) is 19.6 Å². The van der Waals surface area contributed by atoms with Gasteiger partial charge in [-0.3, -0.25) is 4.90 Å². The van der Waals surface area contributed by atoms with E-state index < -0.39 is 7.25 Å². The van der Waals surface area contributed by atoms with Crippen LogP contribution in [0.2, 0.25) is 0 Å². The van der Waals surface area contributed by atoms with Crippen molar-refractivity contribution in [3.63, 3.8) is 0 Å². The second-order valence-electron chi connectivity index (χ2n) is 5.49. The van der Waals surface area contributed by atoms with E-state index in [0.29, 0.717) is 6.04 Å². The van der Waals surface area contributed by atoms with Crippen LogP contribution in [0, 0.1) is 11.8 Å². The minimum atomic E-state index is -6.00. The number of hydrogen-bond donors (Lipinski definition) is 1. The zero-order valence-corrected chi connectivity index (χ0v) is 14.4. The van der Waals surface area contributed by atoms with Gasteiger partial charge in [-0.15, -0.1) is 0 Å². The molecule has 1 heterocycles. The van der Waals surface area contributed by atoms with Gasteiger partial charge in [0.15, 0.2) is 0 Å². The van der Waals surface area contributed by atoms with Gasteiger partial charge < -0.3 is 23.0 Å². The zero-order chi connectivity index (χ0) is 15.9. The molecule has 1 aliphatic heterocycles. The number of halogens is 4. The minimum absolute atomic E-state index is 0. The second-order valence-corrected chi connectivity index (χ2v) is 5.49. The third kappa shape index (κ3) is 9.06. The quantitative estimate of drug-likeness (QED) is 0.429. The maximum absolute atomic E-state index is 9.75. The molecule has 8 heteroatoms. The molecule has 1 radical (unpaired) electrons. The van der Waals surface area contributed by atoms with Gasteiger partial charge in [0.05, 0.1) is 0 Å². The summed E-state index contributed by atoms with van der Waals surface area (Å²) in [6.45, 7) is 5.47. The normalized spacial score (nSPS) is 28.5. The zero-order valence-electron chi connectivity index (χ0n) is 12.7. The van der Waals surface area contributed by atoms with Crippen LogP contribution in [-0.4, -0.2) is 37.8 Å². The molecular formula is C14H24BF4N2Rh-. The Morgan fingerprint density at radius 2 is 1.55 bits per heavy atom. The van der Waals surface area contributed by atoms with Gasteiger partial charge in [0, 0.05) is 32.1 Å². The molecule has 3 aliphatic rings. The molecule has 2 N–H and O–H groups in total. The number of hydrogen-bond acceptors (Lipinski definition) is 2. The summed E-state index contributed by atoms with van der Waals surface area (Å²) in [5, 5.41) is 0. The molecule has 0 spiro atoms. The summed E-state index contributed by atoms with van der Waals surface area (Å²) in [7, 11) is -6.00. The summed E-state index contributed by atoms with van der Waals surface area (Å²) < 4.78 is 39.0. The van der Waals surface area contributed by atoms with Gasteiger partial charge in [-0.2, -0.15) is 0 Å². The molecular weight excluding hydrogens is 386 g/mol. The predicted octanol–water partition coefficient (Wildman–Crippen LogP) is 3.48. The Morgan fingerprint density at radius 3 is 1.77 bits per heavy atom. The molecule has 3 rings (SSSR count). The number of nitrogens with two attached hydrogens (primary N) is 1. The molecule has 1 atom stereocenters. The van der Waals surface area contributed by atoms with Crippen LogP contribution >= 0.6 is 0 Å². The van der Waals surface area contributed by atoms with E-state index in [2.05, 4.69) is 36.1 Å². The average molecular weight is 410 g/mol. The van der Waals surface area contributed by atoms with Crippen molar-refractivity contribution in [1.82, 2.24) is 4.90 Å². The first-order valence-electron chi connectivity index (χ1n) is 7.51. The van der Waals surface area contributed by atoms with Gasteiger partial charge in [-0.05, 0) is 44.2 Å². The Hall–Kier alpha value is -0.192. The maximum Gasteiger partial charge on any atom is 0.673 e. The molecule has 0 aromatic rings. The third-order valence-electron chi connectivity index (χ3n) is 3.93. The smallest absolute Gasteiger partial charge is 0.418 e. The Morgan fingerprint density at radius 1 is 1.09 bits per heavy atom. The molecule has 0 amide bonds. The Bertz CT molecular complexity index is 319. The summed E-state index contributed by atoms with van der Waals surface area (Å²) in [5.74, 6) is 1.62. The summed E-state index contributed by atoms with van der Waals surface area (Å²) >= 11 is 0. The van der Waals surface area contributed by atoms with Crippen molar-refractivity contribution >= 4 is 7.25 Å². The monoisotopic (exact) mass is 410 g/mol. The first kappa shape index (κ1) is 21.8. The summed E-state index contributed by atoms with van der Waals surface area (Å²) in [6.07, 6.45) is 13.2. The van der Waals surface area contributed by atoms with Crippen molar-refractivity contribution in [2.24, 2.45) is 17.6 Å². The van der Waals surface area contributed by atoms with Gasteiger partial charge in [-0.1, -0.05) is 31.2 Å². The molecule has 2 bridgehead atoms. The van der Waals surface area contributed by atoms with E-state index in [9.17, 15) is 17.3 Å². The first-order chi connectivity index (χ1) is 9.83. The van der Waals surface area contributed by atoms with Gasteiger partial charge in [0.2, 0.25) is 0 Å². The molecule has 0 saturated carbocycles. The fourth-order valence-corrected chi connectivity index (χ4v) is 2.91.